The average molecular weight is 435 g/mol. The van der Waals surface area contributed by atoms with E-state index < -0.39 is 17.3 Å². The summed E-state index contributed by atoms with van der Waals surface area (Å²) in [7, 11) is 1.25. The lowest BCUT2D eigenvalue weighted by Gasteiger charge is -2.28. The van der Waals surface area contributed by atoms with E-state index in [9.17, 15) is 18.3 Å². The van der Waals surface area contributed by atoms with Gasteiger partial charge in [-0.3, -0.25) is 4.40 Å². The molecule has 1 aliphatic rings. The Labute approximate surface area is 177 Å². The molecule has 0 bridgehead atoms. The van der Waals surface area contributed by atoms with E-state index in [2.05, 4.69) is 20.6 Å². The first-order valence-corrected chi connectivity index (χ1v) is 10.00. The van der Waals surface area contributed by atoms with Crippen molar-refractivity contribution in [2.45, 2.75) is 37.6 Å². The van der Waals surface area contributed by atoms with Gasteiger partial charge in [-0.15, -0.1) is 0 Å². The lowest BCUT2D eigenvalue weighted by Crippen LogP contribution is -2.39. The van der Waals surface area contributed by atoms with Crippen LogP contribution in [-0.2, 0) is 5.60 Å². The Morgan fingerprint density at radius 3 is 2.81 bits per heavy atom. The third kappa shape index (κ3) is 4.05. The molecule has 3 N–H and O–H groups in total. The molecule has 0 saturated carbocycles. The van der Waals surface area contributed by atoms with Crippen LogP contribution < -0.4 is 15.4 Å². The smallest absolute Gasteiger partial charge is 0.421 e. The molecule has 7 nitrogen and oxygen atoms in total. The van der Waals surface area contributed by atoms with Gasteiger partial charge in [-0.25, -0.2) is 9.97 Å². The highest BCUT2D eigenvalue weighted by Crippen LogP contribution is 2.43. The van der Waals surface area contributed by atoms with Gasteiger partial charge in [0.15, 0.2) is 5.60 Å². The van der Waals surface area contributed by atoms with Crippen molar-refractivity contribution < 1.29 is 23.0 Å². The number of rotatable bonds is 5. The molecule has 0 amide bonds. The van der Waals surface area contributed by atoms with Gasteiger partial charge in [-0.1, -0.05) is 6.07 Å². The number of hydrogen-bond donors (Lipinski definition) is 3. The number of aromatic nitrogens is 3. The van der Waals surface area contributed by atoms with E-state index in [0.717, 1.165) is 25.9 Å². The van der Waals surface area contributed by atoms with Crippen LogP contribution in [0.2, 0.25) is 0 Å². The summed E-state index contributed by atoms with van der Waals surface area (Å²) in [6, 6.07) is 7.08. The zero-order valence-corrected chi connectivity index (χ0v) is 17.2. The third-order valence-corrected chi connectivity index (χ3v) is 5.57. The minimum absolute atomic E-state index is 0.0971. The first-order valence-electron chi connectivity index (χ1n) is 10.00. The van der Waals surface area contributed by atoms with Crippen molar-refractivity contribution in [1.82, 2.24) is 19.7 Å². The van der Waals surface area contributed by atoms with E-state index in [1.165, 1.54) is 30.0 Å². The van der Waals surface area contributed by atoms with E-state index in [1.807, 2.05) is 12.1 Å². The average Bonchev–Trinajstić information content (AvgIpc) is 3.16. The molecule has 3 aromatic rings. The molecular weight excluding hydrogens is 411 g/mol. The SMILES string of the molecule is COc1cc2ncc(-c3cccc(NC4CCCNC4)n3)n2cc1C(C)(O)C(F)(F)F. The number of fused-ring (bicyclic) bond motifs is 1. The van der Waals surface area contributed by atoms with E-state index >= 15 is 0 Å². The largest absolute Gasteiger partial charge is 0.496 e. The standard InChI is InChI=1S/C21H24F3N5O2/c1-20(30,21(22,23)24)14-12-29-16(11-26-19(29)9-17(14)31-2)15-6-3-7-18(28-15)27-13-5-4-8-25-10-13/h3,6-7,9,11-13,25,30H,4-5,8,10H2,1-2H3,(H,27,28). The van der Waals surface area contributed by atoms with Gasteiger partial charge in [0.1, 0.15) is 17.2 Å². The van der Waals surface area contributed by atoms with Crippen LogP contribution >= 0.6 is 0 Å². The van der Waals surface area contributed by atoms with Gasteiger partial charge in [0, 0.05) is 24.8 Å². The Bertz CT molecular complexity index is 1070. The molecule has 4 rings (SSSR count). The molecule has 0 spiro atoms. The fourth-order valence-electron chi connectivity index (χ4n) is 3.72. The molecule has 31 heavy (non-hydrogen) atoms. The molecule has 2 atom stereocenters. The molecule has 1 fully saturated rings. The lowest BCUT2D eigenvalue weighted by molar-refractivity contribution is -0.259. The zero-order chi connectivity index (χ0) is 22.2. The van der Waals surface area contributed by atoms with Crippen molar-refractivity contribution in [2.24, 2.45) is 0 Å². The number of alkyl halides is 3. The number of ether oxygens (including phenoxy) is 1. The number of pyridine rings is 2. The van der Waals surface area contributed by atoms with E-state index in [4.69, 9.17) is 4.74 Å². The highest BCUT2D eigenvalue weighted by atomic mass is 19.4. The number of nitrogens with one attached hydrogen (secondary N) is 2. The van der Waals surface area contributed by atoms with Crippen LogP contribution in [0.1, 0.15) is 25.3 Å². The zero-order valence-electron chi connectivity index (χ0n) is 17.2. The lowest BCUT2D eigenvalue weighted by atomic mass is 9.96. The van der Waals surface area contributed by atoms with Gasteiger partial charge in [-0.2, -0.15) is 13.2 Å². The minimum atomic E-state index is -4.88. The summed E-state index contributed by atoms with van der Waals surface area (Å²) >= 11 is 0. The van der Waals surface area contributed by atoms with E-state index in [0.29, 0.717) is 29.8 Å². The first kappa shape index (κ1) is 21.4. The second kappa shape index (κ2) is 8.01. The molecule has 1 aliphatic heterocycles. The maximum atomic E-state index is 13.5. The fraction of sp³-hybridized carbons (Fsp3) is 0.429. The maximum absolute atomic E-state index is 13.5. The van der Waals surface area contributed by atoms with Crippen molar-refractivity contribution in [3.63, 3.8) is 0 Å². The third-order valence-electron chi connectivity index (χ3n) is 5.57. The summed E-state index contributed by atoms with van der Waals surface area (Å²) in [5, 5.41) is 17.0. The fourth-order valence-corrected chi connectivity index (χ4v) is 3.72. The van der Waals surface area contributed by atoms with Crippen LogP contribution in [0.3, 0.4) is 0 Å². The number of nitrogens with zero attached hydrogens (tertiary/aromatic N) is 3. The van der Waals surface area contributed by atoms with Crippen LogP contribution in [0.15, 0.2) is 36.7 Å². The van der Waals surface area contributed by atoms with Crippen LogP contribution in [0.5, 0.6) is 5.75 Å². The molecular formula is C21H24F3N5O2. The Kier molecular flexibility index (Phi) is 5.52. The molecule has 2 unspecified atom stereocenters. The van der Waals surface area contributed by atoms with Gasteiger partial charge in [0.05, 0.1) is 30.3 Å². The predicted octanol–water partition coefficient (Wildman–Crippen LogP) is 3.34. The number of methoxy groups -OCH3 is 1. The Morgan fingerprint density at radius 1 is 1.32 bits per heavy atom. The van der Waals surface area contributed by atoms with Crippen LogP contribution in [-0.4, -0.2) is 51.9 Å². The monoisotopic (exact) mass is 435 g/mol. The predicted molar refractivity (Wildman–Crippen MR) is 110 cm³/mol. The number of anilines is 1. The second-order valence-corrected chi connectivity index (χ2v) is 7.79. The van der Waals surface area contributed by atoms with Crippen molar-refractivity contribution >= 4 is 11.5 Å². The quantitative estimate of drug-likeness (QED) is 0.570. The molecule has 0 aliphatic carbocycles. The van der Waals surface area contributed by atoms with Gasteiger partial charge in [0.25, 0.3) is 0 Å². The van der Waals surface area contributed by atoms with Crippen LogP contribution in [0.25, 0.3) is 17.0 Å². The summed E-state index contributed by atoms with van der Waals surface area (Å²) in [4.78, 5) is 8.91. The minimum Gasteiger partial charge on any atom is -0.496 e. The number of aliphatic hydroxyl groups is 1. The van der Waals surface area contributed by atoms with Crippen molar-refractivity contribution in [3.05, 3.63) is 42.2 Å². The number of halogens is 3. The number of imidazole rings is 1. The van der Waals surface area contributed by atoms with Crippen LogP contribution in [0, 0.1) is 0 Å². The van der Waals surface area contributed by atoms with Crippen molar-refractivity contribution in [1.29, 1.82) is 0 Å². The summed E-state index contributed by atoms with van der Waals surface area (Å²) in [5.74, 6) is 0.581. The molecule has 10 heteroatoms. The normalized spacial score (nSPS) is 19.2. The van der Waals surface area contributed by atoms with E-state index in [1.54, 1.807) is 6.07 Å². The maximum Gasteiger partial charge on any atom is 0.421 e. The van der Waals surface area contributed by atoms with E-state index in [-0.39, 0.29) is 11.8 Å². The summed E-state index contributed by atoms with van der Waals surface area (Å²) < 4.78 is 47.1. The highest BCUT2D eigenvalue weighted by Gasteiger charge is 2.53. The second-order valence-electron chi connectivity index (χ2n) is 7.79. The highest BCUT2D eigenvalue weighted by molar-refractivity contribution is 5.64. The molecule has 0 radical (unpaired) electrons. The molecule has 166 valence electrons. The molecule has 0 aromatic carbocycles. The summed E-state index contributed by atoms with van der Waals surface area (Å²) in [6.07, 6.45) is -0.0324. The van der Waals surface area contributed by atoms with Gasteiger partial charge in [0.2, 0.25) is 0 Å². The first-order chi connectivity index (χ1) is 14.7. The number of piperidine rings is 1. The van der Waals surface area contributed by atoms with Gasteiger partial charge in [-0.05, 0) is 38.4 Å². The molecule has 4 heterocycles. The summed E-state index contributed by atoms with van der Waals surface area (Å²) in [5.41, 5.74) is -2.08. The van der Waals surface area contributed by atoms with Crippen LogP contribution in [0.4, 0.5) is 19.0 Å². The van der Waals surface area contributed by atoms with Gasteiger partial charge < -0.3 is 20.5 Å². The van der Waals surface area contributed by atoms with Crippen molar-refractivity contribution in [3.8, 4) is 17.1 Å². The summed E-state index contributed by atoms with van der Waals surface area (Å²) in [6.45, 7) is 2.55. The van der Waals surface area contributed by atoms with Crippen molar-refractivity contribution in [2.75, 3.05) is 25.5 Å². The molecule has 1 saturated heterocycles. The Hall–Kier alpha value is -2.85. The Morgan fingerprint density at radius 2 is 2.13 bits per heavy atom. The number of hydrogen-bond acceptors (Lipinski definition) is 6. The topological polar surface area (TPSA) is 83.7 Å². The van der Waals surface area contributed by atoms with Gasteiger partial charge >= 0.3 is 6.18 Å². The Balaban J connectivity index is 1.75. The molecule has 3 aromatic heterocycles.